The largest absolute Gasteiger partial charge is 0.459 e. The maximum absolute atomic E-state index is 13.2. The summed E-state index contributed by atoms with van der Waals surface area (Å²) in [6.07, 6.45) is -15.7. The highest BCUT2D eigenvalue weighted by molar-refractivity contribution is 5.87. The highest BCUT2D eigenvalue weighted by Crippen LogP contribution is 2.49. The van der Waals surface area contributed by atoms with Crippen LogP contribution in [0.4, 0.5) is 26.3 Å². The molecule has 0 bridgehead atoms. The molecule has 0 aliphatic carbocycles. The van der Waals surface area contributed by atoms with Gasteiger partial charge in [0.2, 0.25) is 0 Å². The van der Waals surface area contributed by atoms with Gasteiger partial charge in [0.25, 0.3) is 0 Å². The molecule has 0 aromatic rings. The van der Waals surface area contributed by atoms with Crippen molar-refractivity contribution in [2.24, 2.45) is 0 Å². The Morgan fingerprint density at radius 1 is 0.917 bits per heavy atom. The maximum Gasteiger partial charge on any atom is 0.437 e. The van der Waals surface area contributed by atoms with Crippen LogP contribution in [0.2, 0.25) is 0 Å². The molecule has 0 saturated heterocycles. The van der Waals surface area contributed by atoms with Gasteiger partial charge in [0.05, 0.1) is 0 Å². The Labute approximate surface area is 134 Å². The predicted molar refractivity (Wildman–Crippen MR) is 70.7 cm³/mol. The number of rotatable bonds is 6. The Morgan fingerprint density at radius 3 is 1.58 bits per heavy atom. The van der Waals surface area contributed by atoms with Gasteiger partial charge in [-0.05, 0) is 20.8 Å². The third kappa shape index (κ3) is 5.00. The Kier molecular flexibility index (Phi) is 6.66. The van der Waals surface area contributed by atoms with Gasteiger partial charge in [-0.3, -0.25) is 0 Å². The van der Waals surface area contributed by atoms with Gasteiger partial charge in [-0.25, -0.2) is 9.59 Å². The van der Waals surface area contributed by atoms with Crippen LogP contribution in [-0.2, 0) is 19.1 Å². The fraction of sp³-hybridized carbons (Fsp3) is 0.571. The summed E-state index contributed by atoms with van der Waals surface area (Å²) in [5, 5.41) is 0. The number of alkyl halides is 6. The summed E-state index contributed by atoms with van der Waals surface area (Å²) < 4.78 is 87.2. The van der Waals surface area contributed by atoms with E-state index in [9.17, 15) is 35.9 Å². The molecule has 1 atom stereocenters. The SMILES string of the molecule is C=C(C)C(=O)OC(C)CC(OC(=O)C(=C)C)(C(F)(F)F)C(F)(F)F. The second-order valence-corrected chi connectivity index (χ2v) is 5.19. The molecule has 0 rings (SSSR count). The van der Waals surface area contributed by atoms with Crippen molar-refractivity contribution in [3.8, 4) is 0 Å². The van der Waals surface area contributed by atoms with Gasteiger partial charge in [-0.2, -0.15) is 26.3 Å². The lowest BCUT2D eigenvalue weighted by molar-refractivity contribution is -0.374. The van der Waals surface area contributed by atoms with Crippen molar-refractivity contribution in [1.82, 2.24) is 0 Å². The molecule has 24 heavy (non-hydrogen) atoms. The zero-order valence-corrected chi connectivity index (χ0v) is 13.1. The van der Waals surface area contributed by atoms with Gasteiger partial charge < -0.3 is 9.47 Å². The Bertz CT molecular complexity index is 518. The number of hydrogen-bond acceptors (Lipinski definition) is 4. The van der Waals surface area contributed by atoms with Crippen molar-refractivity contribution in [1.29, 1.82) is 0 Å². The molecule has 10 heteroatoms. The van der Waals surface area contributed by atoms with Gasteiger partial charge in [-0.1, -0.05) is 13.2 Å². The zero-order chi connectivity index (χ0) is 19.5. The summed E-state index contributed by atoms with van der Waals surface area (Å²) in [5.74, 6) is -3.05. The number of halogens is 6. The molecule has 4 nitrogen and oxygen atoms in total. The topological polar surface area (TPSA) is 52.6 Å². The zero-order valence-electron chi connectivity index (χ0n) is 13.1. The first-order valence-electron chi connectivity index (χ1n) is 6.44. The molecule has 0 aromatic carbocycles. The van der Waals surface area contributed by atoms with Gasteiger partial charge in [0, 0.05) is 17.6 Å². The van der Waals surface area contributed by atoms with Crippen LogP contribution in [0.25, 0.3) is 0 Å². The second kappa shape index (κ2) is 7.27. The average Bonchev–Trinajstić information content (AvgIpc) is 2.34. The van der Waals surface area contributed by atoms with E-state index in [1.807, 2.05) is 0 Å². The molecule has 0 radical (unpaired) electrons. The van der Waals surface area contributed by atoms with Gasteiger partial charge >= 0.3 is 29.9 Å². The number of ether oxygens (including phenoxy) is 2. The van der Waals surface area contributed by atoms with Crippen LogP contribution in [0.15, 0.2) is 24.3 Å². The van der Waals surface area contributed by atoms with Crippen LogP contribution in [0, 0.1) is 0 Å². The summed E-state index contributed by atoms with van der Waals surface area (Å²) in [4.78, 5) is 22.6. The lowest BCUT2D eigenvalue weighted by Crippen LogP contribution is -2.61. The van der Waals surface area contributed by atoms with Crippen LogP contribution < -0.4 is 0 Å². The van der Waals surface area contributed by atoms with Crippen LogP contribution in [0.1, 0.15) is 27.2 Å². The summed E-state index contributed by atoms with van der Waals surface area (Å²) in [6.45, 7) is 8.97. The molecule has 0 heterocycles. The van der Waals surface area contributed by atoms with Gasteiger partial charge in [-0.15, -0.1) is 0 Å². The number of carbonyl (C=O) groups excluding carboxylic acids is 2. The fourth-order valence-corrected chi connectivity index (χ4v) is 1.52. The van der Waals surface area contributed by atoms with Crippen LogP contribution in [-0.4, -0.2) is 36.0 Å². The molecule has 0 amide bonds. The maximum atomic E-state index is 13.2. The van der Waals surface area contributed by atoms with Crippen LogP contribution in [0.3, 0.4) is 0 Å². The minimum absolute atomic E-state index is 0.217. The molecule has 0 saturated carbocycles. The summed E-state index contributed by atoms with van der Waals surface area (Å²) in [7, 11) is 0. The molecule has 0 spiro atoms. The Morgan fingerprint density at radius 2 is 1.29 bits per heavy atom. The fourth-order valence-electron chi connectivity index (χ4n) is 1.52. The van der Waals surface area contributed by atoms with Gasteiger partial charge in [0.1, 0.15) is 6.10 Å². The third-order valence-electron chi connectivity index (χ3n) is 2.76. The molecule has 0 aliphatic heterocycles. The summed E-state index contributed by atoms with van der Waals surface area (Å²) >= 11 is 0. The van der Waals surface area contributed by atoms with E-state index in [1.165, 1.54) is 0 Å². The lowest BCUT2D eigenvalue weighted by atomic mass is 9.94. The number of esters is 2. The minimum Gasteiger partial charge on any atom is -0.459 e. The smallest absolute Gasteiger partial charge is 0.437 e. The van der Waals surface area contributed by atoms with Crippen molar-refractivity contribution >= 4 is 11.9 Å². The molecule has 138 valence electrons. The number of carbonyl (C=O) groups is 2. The monoisotopic (exact) mass is 362 g/mol. The van der Waals surface area contributed by atoms with E-state index in [4.69, 9.17) is 0 Å². The third-order valence-corrected chi connectivity index (χ3v) is 2.76. The van der Waals surface area contributed by atoms with E-state index < -0.39 is 48.0 Å². The van der Waals surface area contributed by atoms with E-state index in [0.717, 1.165) is 20.8 Å². The van der Waals surface area contributed by atoms with E-state index in [-0.39, 0.29) is 5.57 Å². The lowest BCUT2D eigenvalue weighted by Gasteiger charge is -2.37. The first-order chi connectivity index (χ1) is 10.5. The minimum atomic E-state index is -6.00. The molecule has 0 fully saturated rings. The average molecular weight is 362 g/mol. The van der Waals surface area contributed by atoms with Crippen molar-refractivity contribution < 1.29 is 45.4 Å². The molecule has 1 unspecified atom stereocenters. The predicted octanol–water partition coefficient (Wildman–Crippen LogP) is 3.87. The van der Waals surface area contributed by atoms with E-state index in [2.05, 4.69) is 22.6 Å². The number of hydrogen-bond donors (Lipinski definition) is 0. The standard InChI is InChI=1S/C14H16F6O4/c1-7(2)10(21)23-9(5)6-12(13(15,16)17,14(18,19)20)24-11(22)8(3)4/h9H,1,3,6H2,2,4-5H3. The van der Waals surface area contributed by atoms with E-state index >= 15 is 0 Å². The second-order valence-electron chi connectivity index (χ2n) is 5.19. The van der Waals surface area contributed by atoms with Crippen LogP contribution >= 0.6 is 0 Å². The molecular weight excluding hydrogens is 346 g/mol. The van der Waals surface area contributed by atoms with Crippen molar-refractivity contribution in [3.05, 3.63) is 24.3 Å². The first kappa shape index (κ1) is 22.0. The van der Waals surface area contributed by atoms with Crippen molar-refractivity contribution in [3.63, 3.8) is 0 Å². The van der Waals surface area contributed by atoms with Crippen molar-refractivity contribution in [2.45, 2.75) is 51.2 Å². The molecule has 0 N–H and O–H groups in total. The summed E-state index contributed by atoms with van der Waals surface area (Å²) in [6, 6.07) is 0. The molecule has 0 aromatic heterocycles. The highest BCUT2D eigenvalue weighted by atomic mass is 19.4. The van der Waals surface area contributed by atoms with Gasteiger partial charge in [0.15, 0.2) is 0 Å². The Balaban J connectivity index is 5.85. The quantitative estimate of drug-likeness (QED) is 0.409. The Hall–Kier alpha value is -2.00. The molecule has 0 aliphatic rings. The first-order valence-corrected chi connectivity index (χ1v) is 6.44. The van der Waals surface area contributed by atoms with Crippen LogP contribution in [0.5, 0.6) is 0 Å². The normalized spacial score (nSPS) is 13.9. The summed E-state index contributed by atoms with van der Waals surface area (Å²) in [5.41, 5.74) is -5.71. The van der Waals surface area contributed by atoms with E-state index in [0.29, 0.717) is 0 Å². The van der Waals surface area contributed by atoms with Crippen molar-refractivity contribution in [2.75, 3.05) is 0 Å². The molecular formula is C14H16F6O4. The van der Waals surface area contributed by atoms with E-state index in [1.54, 1.807) is 0 Å². The highest BCUT2D eigenvalue weighted by Gasteiger charge is 2.74.